The van der Waals surface area contributed by atoms with Gasteiger partial charge >= 0.3 is 0 Å². The summed E-state index contributed by atoms with van der Waals surface area (Å²) in [6, 6.07) is 1.20. The van der Waals surface area contributed by atoms with Crippen molar-refractivity contribution >= 4 is 0 Å². The molecular formula is C12H15N3O4. The van der Waals surface area contributed by atoms with Gasteiger partial charge in [-0.1, -0.05) is 6.92 Å². The number of aliphatic hydroxyl groups is 1. The average Bonchev–Trinajstić information content (AvgIpc) is 2.85. The third-order valence-electron chi connectivity index (χ3n) is 2.50. The summed E-state index contributed by atoms with van der Waals surface area (Å²) in [5.74, 6) is 0.933. The molecule has 0 aromatic carbocycles. The van der Waals surface area contributed by atoms with E-state index < -0.39 is 0 Å². The topological polar surface area (TPSA) is 90.4 Å². The second kappa shape index (κ2) is 6.14. The number of hydrogen-bond acceptors (Lipinski definition) is 6. The van der Waals surface area contributed by atoms with E-state index in [0.717, 1.165) is 13.0 Å². The van der Waals surface area contributed by atoms with Crippen LogP contribution < -0.4 is 10.2 Å². The van der Waals surface area contributed by atoms with Gasteiger partial charge in [-0.15, -0.1) is 0 Å². The lowest BCUT2D eigenvalue weighted by Crippen LogP contribution is -2.12. The van der Waals surface area contributed by atoms with Gasteiger partial charge in [0.15, 0.2) is 5.82 Å². The van der Waals surface area contributed by atoms with Crippen LogP contribution in [0.3, 0.4) is 0 Å². The van der Waals surface area contributed by atoms with Gasteiger partial charge in [0.2, 0.25) is 11.2 Å². The number of aryl methyl sites for hydroxylation is 1. The van der Waals surface area contributed by atoms with E-state index in [9.17, 15) is 4.79 Å². The van der Waals surface area contributed by atoms with Crippen molar-refractivity contribution in [1.29, 1.82) is 0 Å². The molecule has 0 aliphatic heterocycles. The molecule has 0 radical (unpaired) electrons. The maximum absolute atomic E-state index is 11.6. The van der Waals surface area contributed by atoms with E-state index in [2.05, 4.69) is 10.1 Å². The average molecular weight is 265 g/mol. The van der Waals surface area contributed by atoms with Crippen molar-refractivity contribution in [3.8, 4) is 5.75 Å². The second-order valence-electron chi connectivity index (χ2n) is 3.92. The molecule has 1 N–H and O–H groups in total. The maximum atomic E-state index is 11.6. The summed E-state index contributed by atoms with van der Waals surface area (Å²) in [4.78, 5) is 15.7. The van der Waals surface area contributed by atoms with Crippen molar-refractivity contribution in [1.82, 2.24) is 14.8 Å². The fourth-order valence-corrected chi connectivity index (χ4v) is 1.57. The minimum atomic E-state index is -0.336. The van der Waals surface area contributed by atoms with E-state index in [1.54, 1.807) is 4.68 Å². The molecule has 0 unspecified atom stereocenters. The van der Waals surface area contributed by atoms with Crippen LogP contribution in [0.4, 0.5) is 0 Å². The molecule has 19 heavy (non-hydrogen) atoms. The first kappa shape index (κ1) is 13.3. The van der Waals surface area contributed by atoms with Gasteiger partial charge in [0.25, 0.3) is 0 Å². The minimum Gasteiger partial charge on any atom is -0.478 e. The van der Waals surface area contributed by atoms with Crippen LogP contribution in [0, 0.1) is 0 Å². The number of aliphatic hydroxyl groups excluding tert-OH is 1. The van der Waals surface area contributed by atoms with Gasteiger partial charge in [0.05, 0.1) is 0 Å². The van der Waals surface area contributed by atoms with Crippen LogP contribution >= 0.6 is 0 Å². The fraction of sp³-hybridized carbons (Fsp3) is 0.417. The highest BCUT2D eigenvalue weighted by atomic mass is 16.5. The summed E-state index contributed by atoms with van der Waals surface area (Å²) in [5, 5.41) is 12.9. The summed E-state index contributed by atoms with van der Waals surface area (Å²) in [7, 11) is 0. The number of ether oxygens (including phenoxy) is 1. The van der Waals surface area contributed by atoms with E-state index in [1.807, 2.05) is 6.92 Å². The molecule has 2 aromatic rings. The van der Waals surface area contributed by atoms with Crippen molar-refractivity contribution in [3.63, 3.8) is 0 Å². The first-order chi connectivity index (χ1) is 9.24. The molecule has 2 rings (SSSR count). The van der Waals surface area contributed by atoms with Gasteiger partial charge in [-0.2, -0.15) is 5.10 Å². The van der Waals surface area contributed by atoms with Crippen molar-refractivity contribution in [2.45, 2.75) is 33.1 Å². The third-order valence-corrected chi connectivity index (χ3v) is 2.50. The van der Waals surface area contributed by atoms with Crippen molar-refractivity contribution in [2.24, 2.45) is 0 Å². The molecule has 2 heterocycles. The van der Waals surface area contributed by atoms with Gasteiger partial charge in [0.1, 0.15) is 31.6 Å². The molecule has 0 spiro atoms. The van der Waals surface area contributed by atoms with Crippen molar-refractivity contribution < 1.29 is 14.3 Å². The largest absolute Gasteiger partial charge is 0.478 e. The van der Waals surface area contributed by atoms with Crippen LogP contribution in [0.5, 0.6) is 5.75 Å². The Morgan fingerprint density at radius 2 is 2.37 bits per heavy atom. The predicted molar refractivity (Wildman–Crippen MR) is 65.5 cm³/mol. The van der Waals surface area contributed by atoms with Gasteiger partial charge in [-0.05, 0) is 6.42 Å². The fourth-order valence-electron chi connectivity index (χ4n) is 1.57. The molecule has 0 aliphatic rings. The summed E-state index contributed by atoms with van der Waals surface area (Å²) in [6.45, 7) is 2.61. The Morgan fingerprint density at radius 1 is 1.53 bits per heavy atom. The quantitative estimate of drug-likeness (QED) is 0.827. The van der Waals surface area contributed by atoms with E-state index in [0.29, 0.717) is 5.82 Å². The third kappa shape index (κ3) is 3.19. The molecule has 0 saturated carbocycles. The molecule has 0 fully saturated rings. The van der Waals surface area contributed by atoms with E-state index in [4.69, 9.17) is 14.3 Å². The first-order valence-electron chi connectivity index (χ1n) is 5.96. The Kier molecular flexibility index (Phi) is 4.30. The summed E-state index contributed by atoms with van der Waals surface area (Å²) >= 11 is 0. The Labute approximate surface area is 109 Å². The van der Waals surface area contributed by atoms with Crippen LogP contribution in [0.25, 0.3) is 0 Å². The van der Waals surface area contributed by atoms with Crippen LogP contribution in [0.2, 0.25) is 0 Å². The zero-order valence-electron chi connectivity index (χ0n) is 10.6. The summed E-state index contributed by atoms with van der Waals surface area (Å²) in [5.41, 5.74) is -0.336. The molecule has 7 nitrogen and oxygen atoms in total. The van der Waals surface area contributed by atoms with Crippen LogP contribution in [-0.4, -0.2) is 19.9 Å². The predicted octanol–water partition coefficient (Wildman–Crippen LogP) is 0.713. The molecule has 0 amide bonds. The number of aromatic nitrogens is 3. The SMILES string of the molecule is CCCn1ncnc1COc1coc(CO)cc1=O. The maximum Gasteiger partial charge on any atom is 0.227 e. The first-order valence-corrected chi connectivity index (χ1v) is 5.96. The second-order valence-corrected chi connectivity index (χ2v) is 3.92. The molecule has 0 saturated heterocycles. The lowest BCUT2D eigenvalue weighted by molar-refractivity contribution is 0.234. The highest BCUT2D eigenvalue weighted by Crippen LogP contribution is 2.08. The van der Waals surface area contributed by atoms with E-state index >= 15 is 0 Å². The standard InChI is InChI=1S/C12H15N3O4/c1-2-3-15-12(13-8-14-15)7-19-11-6-18-9(5-16)4-10(11)17/h4,6,8,16H,2-3,5,7H2,1H3. The smallest absolute Gasteiger partial charge is 0.227 e. The summed E-state index contributed by atoms with van der Waals surface area (Å²) in [6.07, 6.45) is 3.57. The summed E-state index contributed by atoms with van der Waals surface area (Å²) < 4.78 is 12.1. The van der Waals surface area contributed by atoms with E-state index in [1.165, 1.54) is 18.7 Å². The number of hydrogen-bond donors (Lipinski definition) is 1. The lowest BCUT2D eigenvalue weighted by Gasteiger charge is -2.06. The van der Waals surface area contributed by atoms with Gasteiger partial charge in [-0.25, -0.2) is 9.67 Å². The van der Waals surface area contributed by atoms with Gasteiger partial charge < -0.3 is 14.3 Å². The molecular weight excluding hydrogens is 250 g/mol. The molecule has 2 aromatic heterocycles. The number of rotatable bonds is 6. The van der Waals surface area contributed by atoms with Crippen LogP contribution in [-0.2, 0) is 19.8 Å². The van der Waals surface area contributed by atoms with Crippen molar-refractivity contribution in [3.05, 3.63) is 40.5 Å². The molecule has 0 atom stereocenters. The highest BCUT2D eigenvalue weighted by molar-refractivity contribution is 5.17. The molecule has 102 valence electrons. The van der Waals surface area contributed by atoms with Crippen molar-refractivity contribution in [2.75, 3.05) is 0 Å². The molecule has 0 bridgehead atoms. The van der Waals surface area contributed by atoms with Crippen LogP contribution in [0.15, 0.2) is 27.9 Å². The highest BCUT2D eigenvalue weighted by Gasteiger charge is 2.08. The van der Waals surface area contributed by atoms with Crippen LogP contribution in [0.1, 0.15) is 24.9 Å². The van der Waals surface area contributed by atoms with Gasteiger partial charge in [0, 0.05) is 12.6 Å². The zero-order valence-corrected chi connectivity index (χ0v) is 10.6. The van der Waals surface area contributed by atoms with E-state index in [-0.39, 0.29) is 30.2 Å². The Hall–Kier alpha value is -2.15. The monoisotopic (exact) mass is 265 g/mol. The molecule has 7 heteroatoms. The lowest BCUT2D eigenvalue weighted by atomic mass is 10.4. The Morgan fingerprint density at radius 3 is 3.05 bits per heavy atom. The van der Waals surface area contributed by atoms with Gasteiger partial charge in [-0.3, -0.25) is 4.79 Å². The Bertz CT molecular complexity index is 591. The molecule has 0 aliphatic carbocycles. The zero-order chi connectivity index (χ0) is 13.7. The number of nitrogens with zero attached hydrogens (tertiary/aromatic N) is 3. The Balaban J connectivity index is 2.06. The normalized spacial score (nSPS) is 10.6. The minimum absolute atomic E-state index is 0.0863.